The van der Waals surface area contributed by atoms with Gasteiger partial charge in [-0.15, -0.1) is 0 Å². The fourth-order valence-electron chi connectivity index (χ4n) is 3.21. The molecule has 0 spiro atoms. The third-order valence-electron chi connectivity index (χ3n) is 4.70. The zero-order valence-corrected chi connectivity index (χ0v) is 12.2. The minimum atomic E-state index is 0.543. The minimum absolute atomic E-state index is 0.543. The highest BCUT2D eigenvalue weighted by atomic mass is 15.2. The third kappa shape index (κ3) is 3.37. The summed E-state index contributed by atoms with van der Waals surface area (Å²) in [5.74, 6) is 0. The number of nitrogens with zero attached hydrogens (tertiary/aromatic N) is 1. The molecule has 1 aliphatic heterocycles. The first-order chi connectivity index (χ1) is 9.13. The van der Waals surface area contributed by atoms with E-state index >= 15 is 0 Å². The molecule has 2 atom stereocenters. The van der Waals surface area contributed by atoms with Crippen molar-refractivity contribution >= 4 is 0 Å². The first kappa shape index (κ1) is 13.1. The number of hydrogen-bond acceptors (Lipinski definition) is 2. The predicted octanol–water partition coefficient (Wildman–Crippen LogP) is 3.04. The van der Waals surface area contributed by atoms with E-state index in [9.17, 15) is 0 Å². The molecule has 1 heterocycles. The van der Waals surface area contributed by atoms with Crippen LogP contribution in [0.2, 0.25) is 0 Å². The lowest BCUT2D eigenvalue weighted by molar-refractivity contribution is 0.180. The fourth-order valence-corrected chi connectivity index (χ4v) is 3.21. The van der Waals surface area contributed by atoms with Crippen molar-refractivity contribution in [2.75, 3.05) is 13.1 Å². The van der Waals surface area contributed by atoms with E-state index in [-0.39, 0.29) is 0 Å². The number of piperidine rings is 1. The number of benzene rings is 1. The highest BCUT2D eigenvalue weighted by molar-refractivity contribution is 5.14. The van der Waals surface area contributed by atoms with E-state index in [2.05, 4.69) is 54.4 Å². The molecule has 1 saturated heterocycles. The molecule has 2 aliphatic rings. The van der Waals surface area contributed by atoms with Crippen molar-refractivity contribution < 1.29 is 0 Å². The summed E-state index contributed by atoms with van der Waals surface area (Å²) in [4.78, 5) is 2.60. The molecule has 0 amide bonds. The summed E-state index contributed by atoms with van der Waals surface area (Å²) in [6.07, 6.45) is 4.03. The Bertz CT molecular complexity index is 413. The Hall–Kier alpha value is -0.860. The van der Waals surface area contributed by atoms with Gasteiger partial charge in [0.2, 0.25) is 0 Å². The second-order valence-electron chi connectivity index (χ2n) is 6.97. The standard InChI is InChI=1S/C17H26N2/c1-17(2)11-16(17)18-15-9-6-10-19(13-15)12-14-7-4-3-5-8-14/h3-5,7-8,15-16,18H,6,9-13H2,1-2H3. The summed E-state index contributed by atoms with van der Waals surface area (Å²) in [7, 11) is 0. The van der Waals surface area contributed by atoms with Crippen molar-refractivity contribution in [2.45, 2.75) is 51.7 Å². The number of rotatable bonds is 4. The molecular formula is C17H26N2. The molecule has 104 valence electrons. The molecule has 3 rings (SSSR count). The van der Waals surface area contributed by atoms with Crippen molar-refractivity contribution in [1.29, 1.82) is 0 Å². The van der Waals surface area contributed by atoms with Gasteiger partial charge in [-0.25, -0.2) is 0 Å². The van der Waals surface area contributed by atoms with Crippen LogP contribution in [0.25, 0.3) is 0 Å². The zero-order valence-electron chi connectivity index (χ0n) is 12.2. The second kappa shape index (κ2) is 5.26. The van der Waals surface area contributed by atoms with Gasteiger partial charge in [-0.3, -0.25) is 4.90 Å². The predicted molar refractivity (Wildman–Crippen MR) is 80.1 cm³/mol. The van der Waals surface area contributed by atoms with E-state index in [1.807, 2.05) is 0 Å². The van der Waals surface area contributed by atoms with E-state index in [0.717, 1.165) is 12.6 Å². The molecule has 1 N–H and O–H groups in total. The van der Waals surface area contributed by atoms with Crippen molar-refractivity contribution in [3.05, 3.63) is 35.9 Å². The maximum absolute atomic E-state index is 3.86. The third-order valence-corrected chi connectivity index (χ3v) is 4.70. The largest absolute Gasteiger partial charge is 0.309 e. The lowest BCUT2D eigenvalue weighted by Crippen LogP contribution is -2.46. The molecule has 2 fully saturated rings. The summed E-state index contributed by atoms with van der Waals surface area (Å²) >= 11 is 0. The van der Waals surface area contributed by atoms with E-state index in [4.69, 9.17) is 0 Å². The van der Waals surface area contributed by atoms with E-state index < -0.39 is 0 Å². The molecule has 0 radical (unpaired) electrons. The molecule has 1 saturated carbocycles. The average Bonchev–Trinajstić information content (AvgIpc) is 2.98. The molecule has 2 nitrogen and oxygen atoms in total. The molecular weight excluding hydrogens is 232 g/mol. The fraction of sp³-hybridized carbons (Fsp3) is 0.647. The highest BCUT2D eigenvalue weighted by Crippen LogP contribution is 2.45. The van der Waals surface area contributed by atoms with Crippen molar-refractivity contribution in [3.8, 4) is 0 Å². The zero-order chi connectivity index (χ0) is 13.3. The van der Waals surface area contributed by atoms with Crippen LogP contribution in [0.5, 0.6) is 0 Å². The first-order valence-electron chi connectivity index (χ1n) is 7.66. The topological polar surface area (TPSA) is 15.3 Å². The molecule has 2 unspecified atom stereocenters. The molecule has 1 aromatic carbocycles. The molecule has 1 aromatic rings. The lowest BCUT2D eigenvalue weighted by atomic mass is 10.0. The Balaban J connectivity index is 1.51. The van der Waals surface area contributed by atoms with E-state index in [1.54, 1.807) is 0 Å². The second-order valence-corrected chi connectivity index (χ2v) is 6.97. The van der Waals surface area contributed by atoms with Gasteiger partial charge in [0.25, 0.3) is 0 Å². The SMILES string of the molecule is CC1(C)CC1NC1CCCN(Cc2ccccc2)C1. The molecule has 19 heavy (non-hydrogen) atoms. The minimum Gasteiger partial charge on any atom is -0.309 e. The Kier molecular flexibility index (Phi) is 3.64. The van der Waals surface area contributed by atoms with Crippen LogP contribution in [0.1, 0.15) is 38.7 Å². The van der Waals surface area contributed by atoms with Gasteiger partial charge in [0, 0.05) is 25.2 Å². The summed E-state index contributed by atoms with van der Waals surface area (Å²) in [6, 6.07) is 12.3. The normalized spacial score (nSPS) is 30.2. The quantitative estimate of drug-likeness (QED) is 0.893. The number of likely N-dealkylation sites (tertiary alicyclic amines) is 1. The number of hydrogen-bond donors (Lipinski definition) is 1. The monoisotopic (exact) mass is 258 g/mol. The van der Waals surface area contributed by atoms with Crippen LogP contribution in [0.4, 0.5) is 0 Å². The van der Waals surface area contributed by atoms with Crippen LogP contribution in [-0.4, -0.2) is 30.1 Å². The van der Waals surface area contributed by atoms with E-state index in [1.165, 1.54) is 37.9 Å². The Labute approximate surface area is 117 Å². The summed E-state index contributed by atoms with van der Waals surface area (Å²) < 4.78 is 0. The van der Waals surface area contributed by atoms with Crippen LogP contribution >= 0.6 is 0 Å². The van der Waals surface area contributed by atoms with Crippen LogP contribution in [0, 0.1) is 5.41 Å². The van der Waals surface area contributed by atoms with Gasteiger partial charge in [-0.2, -0.15) is 0 Å². The maximum Gasteiger partial charge on any atom is 0.0234 e. The Morgan fingerprint density at radius 1 is 1.26 bits per heavy atom. The van der Waals surface area contributed by atoms with E-state index in [0.29, 0.717) is 11.5 Å². The smallest absolute Gasteiger partial charge is 0.0234 e. The van der Waals surface area contributed by atoms with Crippen LogP contribution in [0.15, 0.2) is 30.3 Å². The van der Waals surface area contributed by atoms with Crippen molar-refractivity contribution in [1.82, 2.24) is 10.2 Å². The van der Waals surface area contributed by atoms with Gasteiger partial charge in [-0.05, 0) is 36.8 Å². The molecule has 0 bridgehead atoms. The maximum atomic E-state index is 3.86. The number of nitrogens with one attached hydrogen (secondary N) is 1. The van der Waals surface area contributed by atoms with Gasteiger partial charge in [-0.1, -0.05) is 44.2 Å². The van der Waals surface area contributed by atoms with Crippen molar-refractivity contribution in [3.63, 3.8) is 0 Å². The Morgan fingerprint density at radius 3 is 2.68 bits per heavy atom. The van der Waals surface area contributed by atoms with Crippen LogP contribution in [-0.2, 0) is 6.54 Å². The summed E-state index contributed by atoms with van der Waals surface area (Å²) in [5, 5.41) is 3.86. The molecule has 1 aliphatic carbocycles. The lowest BCUT2D eigenvalue weighted by Gasteiger charge is -2.33. The van der Waals surface area contributed by atoms with Crippen molar-refractivity contribution in [2.24, 2.45) is 5.41 Å². The van der Waals surface area contributed by atoms with Crippen LogP contribution < -0.4 is 5.32 Å². The average molecular weight is 258 g/mol. The highest BCUT2D eigenvalue weighted by Gasteiger charge is 2.46. The van der Waals surface area contributed by atoms with Gasteiger partial charge in [0.05, 0.1) is 0 Å². The van der Waals surface area contributed by atoms with Gasteiger partial charge in [0.1, 0.15) is 0 Å². The van der Waals surface area contributed by atoms with Gasteiger partial charge >= 0.3 is 0 Å². The van der Waals surface area contributed by atoms with Crippen LogP contribution in [0.3, 0.4) is 0 Å². The first-order valence-corrected chi connectivity index (χ1v) is 7.66. The molecule has 0 aromatic heterocycles. The molecule has 2 heteroatoms. The Morgan fingerprint density at radius 2 is 2.00 bits per heavy atom. The van der Waals surface area contributed by atoms with Gasteiger partial charge in [0.15, 0.2) is 0 Å². The summed E-state index contributed by atoms with van der Waals surface area (Å²) in [5.41, 5.74) is 1.98. The van der Waals surface area contributed by atoms with Gasteiger partial charge < -0.3 is 5.32 Å². The summed E-state index contributed by atoms with van der Waals surface area (Å²) in [6.45, 7) is 8.31.